The molecule has 2 aromatic carbocycles. The van der Waals surface area contributed by atoms with Crippen molar-refractivity contribution in [2.24, 2.45) is 5.10 Å². The van der Waals surface area contributed by atoms with Crippen LogP contribution in [0.5, 0.6) is 5.75 Å². The number of ether oxygens (including phenoxy) is 1. The summed E-state index contributed by atoms with van der Waals surface area (Å²) < 4.78 is 6.41. The van der Waals surface area contributed by atoms with Crippen LogP contribution >= 0.6 is 27.5 Å². The predicted molar refractivity (Wildman–Crippen MR) is 114 cm³/mol. The number of hydrogen-bond acceptors (Lipinski definition) is 4. The molecule has 0 heterocycles. The fourth-order valence-electron chi connectivity index (χ4n) is 2.25. The fraction of sp³-hybridized carbons (Fsp3) is 0.250. The minimum absolute atomic E-state index is 0.0839. The number of aryl methyl sites for hydroxylation is 1. The van der Waals surface area contributed by atoms with Crippen LogP contribution in [-0.4, -0.2) is 24.1 Å². The standard InChI is InChI=1S/C20H21BrClN3O3/c1-13-9-16(21)5-8-18(13)28-12-20(27)25-24-14(2)10-19(26)23-11-15-3-6-17(22)7-4-15/h3-9H,10-12H2,1-2H3,(H,23,26)(H,25,27). The summed E-state index contributed by atoms with van der Waals surface area (Å²) in [6, 6.07) is 12.7. The number of carbonyl (C=O) groups excluding carboxylic acids is 2. The SMILES string of the molecule is CC(CC(=O)NCc1ccc(Cl)cc1)=NNC(=O)COc1ccc(Br)cc1C. The molecule has 0 bridgehead atoms. The molecule has 28 heavy (non-hydrogen) atoms. The van der Waals surface area contributed by atoms with Crippen LogP contribution in [0.4, 0.5) is 0 Å². The molecule has 0 aliphatic carbocycles. The van der Waals surface area contributed by atoms with Crippen LogP contribution in [-0.2, 0) is 16.1 Å². The quantitative estimate of drug-likeness (QED) is 0.456. The molecule has 0 radical (unpaired) electrons. The Labute approximate surface area is 177 Å². The first-order chi connectivity index (χ1) is 13.3. The van der Waals surface area contributed by atoms with E-state index in [-0.39, 0.29) is 18.9 Å². The second kappa shape index (κ2) is 10.8. The maximum absolute atomic E-state index is 12.0. The molecule has 0 saturated heterocycles. The monoisotopic (exact) mass is 465 g/mol. The molecular weight excluding hydrogens is 446 g/mol. The lowest BCUT2D eigenvalue weighted by Gasteiger charge is -2.09. The highest BCUT2D eigenvalue weighted by Gasteiger charge is 2.07. The molecule has 0 unspecified atom stereocenters. The van der Waals surface area contributed by atoms with Crippen molar-refractivity contribution < 1.29 is 14.3 Å². The molecule has 2 rings (SSSR count). The summed E-state index contributed by atoms with van der Waals surface area (Å²) in [5.74, 6) is 0.0380. The highest BCUT2D eigenvalue weighted by molar-refractivity contribution is 9.10. The van der Waals surface area contributed by atoms with E-state index in [2.05, 4.69) is 31.8 Å². The molecule has 0 spiro atoms. The second-order valence-electron chi connectivity index (χ2n) is 6.16. The lowest BCUT2D eigenvalue weighted by molar-refractivity contribution is -0.123. The summed E-state index contributed by atoms with van der Waals surface area (Å²) in [4.78, 5) is 23.8. The number of carbonyl (C=O) groups is 2. The van der Waals surface area contributed by atoms with Crippen molar-refractivity contribution in [2.45, 2.75) is 26.8 Å². The number of halogens is 2. The molecule has 8 heteroatoms. The van der Waals surface area contributed by atoms with E-state index in [4.69, 9.17) is 16.3 Å². The van der Waals surface area contributed by atoms with Crippen molar-refractivity contribution in [3.05, 3.63) is 63.1 Å². The Morgan fingerprint density at radius 1 is 1.14 bits per heavy atom. The zero-order valence-corrected chi connectivity index (χ0v) is 17.9. The highest BCUT2D eigenvalue weighted by atomic mass is 79.9. The van der Waals surface area contributed by atoms with E-state index in [1.807, 2.05) is 31.2 Å². The van der Waals surface area contributed by atoms with Crippen LogP contribution in [0.2, 0.25) is 5.02 Å². The molecule has 0 aliphatic rings. The Bertz CT molecular complexity index is 869. The van der Waals surface area contributed by atoms with Gasteiger partial charge >= 0.3 is 0 Å². The van der Waals surface area contributed by atoms with Crippen molar-refractivity contribution in [1.82, 2.24) is 10.7 Å². The third-order valence-electron chi connectivity index (χ3n) is 3.69. The molecule has 2 N–H and O–H groups in total. The number of amides is 2. The number of benzene rings is 2. The topological polar surface area (TPSA) is 79.8 Å². The van der Waals surface area contributed by atoms with Gasteiger partial charge in [0.2, 0.25) is 5.91 Å². The Balaban J connectivity index is 1.72. The molecule has 0 atom stereocenters. The summed E-state index contributed by atoms with van der Waals surface area (Å²) in [7, 11) is 0. The van der Waals surface area contributed by atoms with E-state index in [1.54, 1.807) is 25.1 Å². The third kappa shape index (κ3) is 7.70. The van der Waals surface area contributed by atoms with Crippen molar-refractivity contribution in [2.75, 3.05) is 6.61 Å². The first kappa shape index (κ1) is 21.9. The first-order valence-corrected chi connectivity index (χ1v) is 9.72. The van der Waals surface area contributed by atoms with Gasteiger partial charge in [-0.2, -0.15) is 5.10 Å². The molecule has 2 amide bonds. The van der Waals surface area contributed by atoms with Gasteiger partial charge in [-0.05, 0) is 55.3 Å². The smallest absolute Gasteiger partial charge is 0.277 e. The van der Waals surface area contributed by atoms with E-state index in [9.17, 15) is 9.59 Å². The molecular formula is C20H21BrClN3O3. The maximum atomic E-state index is 12.0. The minimum Gasteiger partial charge on any atom is -0.483 e. The van der Waals surface area contributed by atoms with Crippen LogP contribution in [0, 0.1) is 6.92 Å². The Morgan fingerprint density at radius 2 is 1.86 bits per heavy atom. The van der Waals surface area contributed by atoms with E-state index < -0.39 is 5.91 Å². The lowest BCUT2D eigenvalue weighted by Crippen LogP contribution is -2.28. The van der Waals surface area contributed by atoms with Crippen LogP contribution in [0.15, 0.2) is 52.0 Å². The first-order valence-electron chi connectivity index (χ1n) is 8.55. The highest BCUT2D eigenvalue weighted by Crippen LogP contribution is 2.21. The van der Waals surface area contributed by atoms with Gasteiger partial charge in [0, 0.05) is 21.8 Å². The van der Waals surface area contributed by atoms with Gasteiger partial charge < -0.3 is 10.1 Å². The number of hydrazone groups is 1. The van der Waals surface area contributed by atoms with E-state index in [0.29, 0.717) is 23.0 Å². The number of hydrogen-bond donors (Lipinski definition) is 2. The maximum Gasteiger partial charge on any atom is 0.277 e. The molecule has 148 valence electrons. The van der Waals surface area contributed by atoms with Crippen LogP contribution in [0.25, 0.3) is 0 Å². The van der Waals surface area contributed by atoms with Gasteiger partial charge in [-0.1, -0.05) is 39.7 Å². The average Bonchev–Trinajstić information content (AvgIpc) is 2.65. The Morgan fingerprint density at radius 3 is 2.54 bits per heavy atom. The normalized spacial score (nSPS) is 11.1. The molecule has 2 aromatic rings. The van der Waals surface area contributed by atoms with E-state index in [0.717, 1.165) is 15.6 Å². The molecule has 0 fully saturated rings. The largest absolute Gasteiger partial charge is 0.483 e. The molecule has 0 saturated carbocycles. The minimum atomic E-state index is -0.400. The molecule has 0 aliphatic heterocycles. The summed E-state index contributed by atoms with van der Waals surface area (Å²) >= 11 is 9.20. The van der Waals surface area contributed by atoms with E-state index >= 15 is 0 Å². The van der Waals surface area contributed by atoms with Crippen LogP contribution in [0.3, 0.4) is 0 Å². The van der Waals surface area contributed by atoms with Gasteiger partial charge in [-0.25, -0.2) is 5.43 Å². The number of rotatable bonds is 8. The molecule has 6 nitrogen and oxygen atoms in total. The third-order valence-corrected chi connectivity index (χ3v) is 4.43. The summed E-state index contributed by atoms with van der Waals surface area (Å²) in [5.41, 5.74) is 4.74. The number of nitrogens with zero attached hydrogens (tertiary/aromatic N) is 1. The van der Waals surface area contributed by atoms with Gasteiger partial charge in [-0.3, -0.25) is 9.59 Å². The second-order valence-corrected chi connectivity index (χ2v) is 7.51. The summed E-state index contributed by atoms with van der Waals surface area (Å²) in [6.45, 7) is 3.79. The van der Waals surface area contributed by atoms with Gasteiger partial charge in [0.1, 0.15) is 5.75 Å². The lowest BCUT2D eigenvalue weighted by atomic mass is 10.2. The van der Waals surface area contributed by atoms with Gasteiger partial charge in [0.05, 0.1) is 6.42 Å². The fourth-order valence-corrected chi connectivity index (χ4v) is 2.85. The van der Waals surface area contributed by atoms with Gasteiger partial charge in [0.15, 0.2) is 6.61 Å². The van der Waals surface area contributed by atoms with Crippen molar-refractivity contribution >= 4 is 45.1 Å². The Hall–Kier alpha value is -2.38. The predicted octanol–water partition coefficient (Wildman–Crippen LogP) is 3.99. The van der Waals surface area contributed by atoms with Crippen molar-refractivity contribution in [3.63, 3.8) is 0 Å². The van der Waals surface area contributed by atoms with Crippen molar-refractivity contribution in [3.8, 4) is 5.75 Å². The Kier molecular flexibility index (Phi) is 8.47. The average molecular weight is 467 g/mol. The van der Waals surface area contributed by atoms with Gasteiger partial charge in [0.25, 0.3) is 5.91 Å². The van der Waals surface area contributed by atoms with Crippen LogP contribution in [0.1, 0.15) is 24.5 Å². The van der Waals surface area contributed by atoms with Gasteiger partial charge in [-0.15, -0.1) is 0 Å². The summed E-state index contributed by atoms with van der Waals surface area (Å²) in [6.07, 6.45) is 0.0839. The van der Waals surface area contributed by atoms with E-state index in [1.165, 1.54) is 0 Å². The molecule has 0 aromatic heterocycles. The van der Waals surface area contributed by atoms with Crippen LogP contribution < -0.4 is 15.5 Å². The zero-order chi connectivity index (χ0) is 20.5. The van der Waals surface area contributed by atoms with Crippen molar-refractivity contribution in [1.29, 1.82) is 0 Å². The zero-order valence-electron chi connectivity index (χ0n) is 15.6. The summed E-state index contributed by atoms with van der Waals surface area (Å²) in [5, 5.41) is 7.37. The number of nitrogens with one attached hydrogen (secondary N) is 2.